The number of carbonyl (C=O) groups is 2. The van der Waals surface area contributed by atoms with E-state index < -0.39 is 18.1 Å². The van der Waals surface area contributed by atoms with Crippen LogP contribution in [0.3, 0.4) is 0 Å². The first-order valence-corrected chi connectivity index (χ1v) is 5.98. The Morgan fingerprint density at radius 3 is 2.18 bits per heavy atom. The maximum atomic E-state index is 11.8. The smallest absolute Gasteiger partial charge is 0.328 e. The summed E-state index contributed by atoms with van der Waals surface area (Å²) in [4.78, 5) is 23.3. The Kier molecular flexibility index (Phi) is 6.80. The number of methoxy groups -OCH3 is 1. The fraction of sp³-hybridized carbons (Fsp3) is 0.833. The van der Waals surface area contributed by atoms with E-state index in [4.69, 9.17) is 5.73 Å². The minimum atomic E-state index is -0.636. The number of esters is 1. The van der Waals surface area contributed by atoms with Gasteiger partial charge in [-0.05, 0) is 11.8 Å². The third-order valence-corrected chi connectivity index (χ3v) is 2.98. The molecule has 5 heteroatoms. The number of carbonyl (C=O) groups excluding carboxylic acids is 2. The second-order valence-electron chi connectivity index (χ2n) is 4.66. The molecule has 0 spiro atoms. The molecule has 0 aliphatic carbocycles. The van der Waals surface area contributed by atoms with Crippen LogP contribution in [-0.4, -0.2) is 31.1 Å². The number of rotatable bonds is 6. The van der Waals surface area contributed by atoms with Crippen LogP contribution in [0.25, 0.3) is 0 Å². The fourth-order valence-corrected chi connectivity index (χ4v) is 1.39. The van der Waals surface area contributed by atoms with Gasteiger partial charge in [0.25, 0.3) is 0 Å². The van der Waals surface area contributed by atoms with Crippen LogP contribution in [0.1, 0.15) is 34.1 Å². The lowest BCUT2D eigenvalue weighted by atomic mass is 9.98. The second kappa shape index (κ2) is 7.27. The minimum Gasteiger partial charge on any atom is -0.467 e. The molecule has 0 bridgehead atoms. The molecule has 0 heterocycles. The van der Waals surface area contributed by atoms with Gasteiger partial charge in [-0.3, -0.25) is 4.79 Å². The molecule has 0 rings (SSSR count). The lowest BCUT2D eigenvalue weighted by Crippen LogP contribution is -2.52. The summed E-state index contributed by atoms with van der Waals surface area (Å²) in [7, 11) is 1.30. The van der Waals surface area contributed by atoms with Crippen LogP contribution >= 0.6 is 0 Å². The molecular formula is C12H24N2O3. The molecule has 0 aliphatic heterocycles. The summed E-state index contributed by atoms with van der Waals surface area (Å²) in [6, 6.07) is -1.23. The Bertz CT molecular complexity index is 266. The molecule has 17 heavy (non-hydrogen) atoms. The third kappa shape index (κ3) is 4.73. The number of hydrogen-bond donors (Lipinski definition) is 2. The van der Waals surface area contributed by atoms with Crippen molar-refractivity contribution in [2.24, 2.45) is 17.6 Å². The summed E-state index contributed by atoms with van der Waals surface area (Å²) in [6.45, 7) is 7.57. The summed E-state index contributed by atoms with van der Waals surface area (Å²) >= 11 is 0. The predicted octanol–water partition coefficient (Wildman–Crippen LogP) is 0.674. The molecule has 0 aromatic carbocycles. The van der Waals surface area contributed by atoms with E-state index in [2.05, 4.69) is 10.1 Å². The van der Waals surface area contributed by atoms with Crippen molar-refractivity contribution in [3.8, 4) is 0 Å². The molecule has 0 aromatic rings. The Labute approximate surface area is 103 Å². The second-order valence-corrected chi connectivity index (χ2v) is 4.66. The largest absolute Gasteiger partial charge is 0.467 e. The van der Waals surface area contributed by atoms with E-state index in [0.717, 1.165) is 6.42 Å². The standard InChI is InChI=1S/C12H24N2O3/c1-6-8(4)9(13)11(15)14-10(7(2)3)12(16)17-5/h7-10H,6,13H2,1-5H3,(H,14,15)/t8-,9-,10-/m0/s1. The van der Waals surface area contributed by atoms with E-state index in [1.165, 1.54) is 7.11 Å². The van der Waals surface area contributed by atoms with Gasteiger partial charge in [0.1, 0.15) is 6.04 Å². The average Bonchev–Trinajstić information content (AvgIpc) is 2.32. The van der Waals surface area contributed by atoms with E-state index >= 15 is 0 Å². The highest BCUT2D eigenvalue weighted by Gasteiger charge is 2.28. The van der Waals surface area contributed by atoms with Crippen molar-refractivity contribution in [3.63, 3.8) is 0 Å². The molecule has 0 aromatic heterocycles. The molecule has 1 amide bonds. The van der Waals surface area contributed by atoms with E-state index in [-0.39, 0.29) is 17.7 Å². The Morgan fingerprint density at radius 1 is 1.29 bits per heavy atom. The Hall–Kier alpha value is -1.10. The van der Waals surface area contributed by atoms with Gasteiger partial charge < -0.3 is 15.8 Å². The SMILES string of the molecule is CC[C@H](C)[C@H](N)C(=O)N[C@H](C(=O)OC)C(C)C. The van der Waals surface area contributed by atoms with Crippen molar-refractivity contribution in [2.75, 3.05) is 7.11 Å². The van der Waals surface area contributed by atoms with E-state index in [1.807, 2.05) is 27.7 Å². The number of nitrogens with one attached hydrogen (secondary N) is 1. The molecular weight excluding hydrogens is 220 g/mol. The van der Waals surface area contributed by atoms with E-state index in [1.54, 1.807) is 0 Å². The highest BCUT2D eigenvalue weighted by molar-refractivity contribution is 5.87. The minimum absolute atomic E-state index is 0.0319. The molecule has 0 unspecified atom stereocenters. The van der Waals surface area contributed by atoms with Crippen LogP contribution in [-0.2, 0) is 14.3 Å². The summed E-state index contributed by atoms with van der Waals surface area (Å²) < 4.78 is 4.65. The fourth-order valence-electron chi connectivity index (χ4n) is 1.39. The average molecular weight is 244 g/mol. The normalized spacial score (nSPS) is 16.2. The monoisotopic (exact) mass is 244 g/mol. The highest BCUT2D eigenvalue weighted by atomic mass is 16.5. The molecule has 3 N–H and O–H groups in total. The van der Waals surface area contributed by atoms with Gasteiger partial charge in [0.05, 0.1) is 13.2 Å². The number of ether oxygens (including phenoxy) is 1. The summed E-state index contributed by atoms with van der Waals surface area (Å²) in [6.07, 6.45) is 0.819. The predicted molar refractivity (Wildman–Crippen MR) is 66.2 cm³/mol. The summed E-state index contributed by atoms with van der Waals surface area (Å²) in [5.41, 5.74) is 5.80. The number of hydrogen-bond acceptors (Lipinski definition) is 4. The number of amides is 1. The van der Waals surface area contributed by atoms with Gasteiger partial charge in [0, 0.05) is 0 Å². The van der Waals surface area contributed by atoms with Crippen molar-refractivity contribution in [1.82, 2.24) is 5.32 Å². The van der Waals surface area contributed by atoms with E-state index in [9.17, 15) is 9.59 Å². The van der Waals surface area contributed by atoms with Crippen molar-refractivity contribution in [2.45, 2.75) is 46.2 Å². The Balaban J connectivity index is 4.56. The van der Waals surface area contributed by atoms with Gasteiger partial charge >= 0.3 is 5.97 Å². The van der Waals surface area contributed by atoms with Crippen LogP contribution in [0.15, 0.2) is 0 Å². The van der Waals surface area contributed by atoms with Gasteiger partial charge in [-0.2, -0.15) is 0 Å². The van der Waals surface area contributed by atoms with Crippen molar-refractivity contribution in [1.29, 1.82) is 0 Å². The van der Waals surface area contributed by atoms with Crippen molar-refractivity contribution in [3.05, 3.63) is 0 Å². The summed E-state index contributed by atoms with van der Waals surface area (Å²) in [5, 5.41) is 2.64. The zero-order valence-corrected chi connectivity index (χ0v) is 11.3. The van der Waals surface area contributed by atoms with Crippen molar-refractivity contribution < 1.29 is 14.3 Å². The number of nitrogens with two attached hydrogens (primary N) is 1. The maximum absolute atomic E-state index is 11.8. The molecule has 0 saturated heterocycles. The first-order valence-electron chi connectivity index (χ1n) is 5.98. The summed E-state index contributed by atoms with van der Waals surface area (Å²) in [5.74, 6) is -0.691. The van der Waals surface area contributed by atoms with Gasteiger partial charge in [-0.1, -0.05) is 34.1 Å². The maximum Gasteiger partial charge on any atom is 0.328 e. The first kappa shape index (κ1) is 15.9. The molecule has 0 radical (unpaired) electrons. The van der Waals surface area contributed by atoms with Gasteiger partial charge in [-0.15, -0.1) is 0 Å². The Morgan fingerprint density at radius 2 is 1.82 bits per heavy atom. The van der Waals surface area contributed by atoms with Crippen LogP contribution in [0.2, 0.25) is 0 Å². The van der Waals surface area contributed by atoms with Crippen LogP contribution in [0, 0.1) is 11.8 Å². The van der Waals surface area contributed by atoms with Gasteiger partial charge in [0.2, 0.25) is 5.91 Å². The topological polar surface area (TPSA) is 81.4 Å². The van der Waals surface area contributed by atoms with Gasteiger partial charge in [0.15, 0.2) is 0 Å². The molecule has 0 fully saturated rings. The molecule has 0 aliphatic rings. The lowest BCUT2D eigenvalue weighted by Gasteiger charge is -2.24. The van der Waals surface area contributed by atoms with Crippen molar-refractivity contribution >= 4 is 11.9 Å². The van der Waals surface area contributed by atoms with Crippen LogP contribution in [0.5, 0.6) is 0 Å². The zero-order valence-electron chi connectivity index (χ0n) is 11.3. The van der Waals surface area contributed by atoms with E-state index in [0.29, 0.717) is 0 Å². The lowest BCUT2D eigenvalue weighted by molar-refractivity contribution is -0.146. The van der Waals surface area contributed by atoms with Gasteiger partial charge in [-0.25, -0.2) is 4.79 Å². The quantitative estimate of drug-likeness (QED) is 0.673. The molecule has 100 valence electrons. The third-order valence-electron chi connectivity index (χ3n) is 2.98. The molecule has 3 atom stereocenters. The molecule has 5 nitrogen and oxygen atoms in total. The molecule has 0 saturated carbocycles. The van der Waals surface area contributed by atoms with Crippen LogP contribution in [0.4, 0.5) is 0 Å². The highest BCUT2D eigenvalue weighted by Crippen LogP contribution is 2.08. The van der Waals surface area contributed by atoms with Crippen LogP contribution < -0.4 is 11.1 Å². The first-order chi connectivity index (χ1) is 7.84. The zero-order chi connectivity index (χ0) is 13.6.